The minimum Gasteiger partial charge on any atom is -0.299 e. The van der Waals surface area contributed by atoms with E-state index in [2.05, 4.69) is 11.4 Å². The monoisotopic (exact) mass is 226 g/mol. The topological polar surface area (TPSA) is 35.8 Å². The molecule has 4 fully saturated rings. The predicted molar refractivity (Wildman–Crippen MR) is 61.8 cm³/mol. The SMILES string of the molecule is Cl.N#CCNC12CC3CC(CC(C3)C1)C2. The summed E-state index contributed by atoms with van der Waals surface area (Å²) in [6.07, 6.45) is 8.48. The quantitative estimate of drug-likeness (QED) is 0.735. The number of nitrogens with zero attached hydrogens (tertiary/aromatic N) is 1. The van der Waals surface area contributed by atoms with Gasteiger partial charge in [0.2, 0.25) is 0 Å². The van der Waals surface area contributed by atoms with Gasteiger partial charge in [0, 0.05) is 5.54 Å². The lowest BCUT2D eigenvalue weighted by Gasteiger charge is -2.57. The van der Waals surface area contributed by atoms with Crippen molar-refractivity contribution in [2.45, 2.75) is 44.1 Å². The molecule has 0 aliphatic heterocycles. The van der Waals surface area contributed by atoms with Gasteiger partial charge in [0.05, 0.1) is 12.6 Å². The first-order valence-corrected chi connectivity index (χ1v) is 5.92. The van der Waals surface area contributed by atoms with E-state index >= 15 is 0 Å². The average Bonchev–Trinajstić information content (AvgIpc) is 2.12. The summed E-state index contributed by atoms with van der Waals surface area (Å²) in [4.78, 5) is 0. The van der Waals surface area contributed by atoms with Crippen molar-refractivity contribution < 1.29 is 0 Å². The summed E-state index contributed by atoms with van der Waals surface area (Å²) >= 11 is 0. The normalized spacial score (nSPS) is 45.9. The standard InChI is InChI=1S/C12H18N2.ClH/c13-1-2-14-12-6-9-3-10(7-12)5-11(4-9)8-12;/h9-11,14H,2-8H2;1H. The molecule has 0 radical (unpaired) electrons. The van der Waals surface area contributed by atoms with Crippen LogP contribution in [0.3, 0.4) is 0 Å². The van der Waals surface area contributed by atoms with Gasteiger partial charge in [0.1, 0.15) is 0 Å². The maximum absolute atomic E-state index is 8.66. The van der Waals surface area contributed by atoms with Crippen LogP contribution < -0.4 is 5.32 Å². The molecule has 4 rings (SSSR count). The van der Waals surface area contributed by atoms with Gasteiger partial charge in [-0.05, 0) is 56.3 Å². The summed E-state index contributed by atoms with van der Waals surface area (Å²) in [5.41, 5.74) is 0.379. The first-order valence-electron chi connectivity index (χ1n) is 5.92. The molecule has 0 saturated heterocycles. The van der Waals surface area contributed by atoms with Crippen LogP contribution in [0.5, 0.6) is 0 Å². The van der Waals surface area contributed by atoms with Gasteiger partial charge < -0.3 is 0 Å². The Bertz CT molecular complexity index is 247. The van der Waals surface area contributed by atoms with E-state index in [-0.39, 0.29) is 12.4 Å². The second kappa shape index (κ2) is 3.96. The molecule has 15 heavy (non-hydrogen) atoms. The fourth-order valence-electron chi connectivity index (χ4n) is 4.55. The van der Waals surface area contributed by atoms with E-state index < -0.39 is 0 Å². The molecule has 0 unspecified atom stereocenters. The molecule has 0 aromatic carbocycles. The molecule has 2 nitrogen and oxygen atoms in total. The highest BCUT2D eigenvalue weighted by Crippen LogP contribution is 2.55. The summed E-state index contributed by atoms with van der Waals surface area (Å²) in [5.74, 6) is 2.94. The number of halogens is 1. The van der Waals surface area contributed by atoms with Crippen LogP contribution in [0.1, 0.15) is 38.5 Å². The Labute approximate surface area is 97.8 Å². The third-order valence-electron chi connectivity index (χ3n) is 4.58. The Balaban J connectivity index is 0.000000853. The highest BCUT2D eigenvalue weighted by molar-refractivity contribution is 5.85. The number of nitrogens with one attached hydrogen (secondary N) is 1. The minimum absolute atomic E-state index is 0. The number of hydrogen-bond donors (Lipinski definition) is 1. The van der Waals surface area contributed by atoms with E-state index in [1.165, 1.54) is 38.5 Å². The smallest absolute Gasteiger partial charge is 0.0845 e. The van der Waals surface area contributed by atoms with Crippen molar-refractivity contribution in [1.29, 1.82) is 5.26 Å². The molecular weight excluding hydrogens is 208 g/mol. The molecule has 4 bridgehead atoms. The van der Waals surface area contributed by atoms with Crippen molar-refractivity contribution in [2.24, 2.45) is 17.8 Å². The van der Waals surface area contributed by atoms with Gasteiger partial charge in [0.15, 0.2) is 0 Å². The van der Waals surface area contributed by atoms with Crippen LogP contribution in [0, 0.1) is 29.1 Å². The van der Waals surface area contributed by atoms with Crippen molar-refractivity contribution >= 4 is 12.4 Å². The van der Waals surface area contributed by atoms with Gasteiger partial charge in [-0.15, -0.1) is 12.4 Å². The lowest BCUT2D eigenvalue weighted by molar-refractivity contribution is -0.0176. The molecule has 0 aromatic heterocycles. The third kappa shape index (κ3) is 1.88. The van der Waals surface area contributed by atoms with Gasteiger partial charge in [-0.2, -0.15) is 5.26 Å². The predicted octanol–water partition coefficient (Wildman–Crippen LogP) is 2.49. The van der Waals surface area contributed by atoms with Crippen molar-refractivity contribution in [1.82, 2.24) is 5.32 Å². The summed E-state index contributed by atoms with van der Waals surface area (Å²) in [7, 11) is 0. The lowest BCUT2D eigenvalue weighted by atomic mass is 9.53. The molecule has 84 valence electrons. The zero-order valence-corrected chi connectivity index (χ0v) is 9.85. The summed E-state index contributed by atoms with van der Waals surface area (Å²) in [5, 5.41) is 12.2. The molecule has 0 atom stereocenters. The van der Waals surface area contributed by atoms with Crippen LogP contribution in [-0.4, -0.2) is 12.1 Å². The Morgan fingerprint density at radius 3 is 1.93 bits per heavy atom. The van der Waals surface area contributed by atoms with Gasteiger partial charge in [-0.1, -0.05) is 0 Å². The van der Waals surface area contributed by atoms with Crippen molar-refractivity contribution in [3.05, 3.63) is 0 Å². The first-order chi connectivity index (χ1) is 6.80. The Kier molecular flexibility index (Phi) is 2.96. The Morgan fingerprint density at radius 1 is 1.07 bits per heavy atom. The van der Waals surface area contributed by atoms with Crippen LogP contribution >= 0.6 is 12.4 Å². The van der Waals surface area contributed by atoms with Gasteiger partial charge in [-0.3, -0.25) is 5.32 Å². The van der Waals surface area contributed by atoms with E-state index in [1.807, 2.05) is 0 Å². The largest absolute Gasteiger partial charge is 0.299 e. The van der Waals surface area contributed by atoms with Gasteiger partial charge >= 0.3 is 0 Å². The molecule has 0 spiro atoms. The zero-order valence-electron chi connectivity index (χ0n) is 9.04. The fourth-order valence-corrected chi connectivity index (χ4v) is 4.55. The molecule has 3 heteroatoms. The van der Waals surface area contributed by atoms with Gasteiger partial charge in [0.25, 0.3) is 0 Å². The Hall–Kier alpha value is -0.260. The second-order valence-electron chi connectivity index (χ2n) is 5.71. The highest BCUT2D eigenvalue weighted by Gasteiger charge is 2.50. The molecule has 1 N–H and O–H groups in total. The first kappa shape index (κ1) is 11.2. The summed E-state index contributed by atoms with van der Waals surface area (Å²) < 4.78 is 0. The molecule has 4 saturated carbocycles. The zero-order chi connectivity index (χ0) is 9.60. The molecule has 0 aromatic rings. The third-order valence-corrected chi connectivity index (χ3v) is 4.58. The summed E-state index contributed by atoms with van der Waals surface area (Å²) in [6.45, 7) is 0.548. The molecule has 0 heterocycles. The lowest BCUT2D eigenvalue weighted by Crippen LogP contribution is -2.58. The minimum atomic E-state index is 0. The van der Waals surface area contributed by atoms with E-state index in [1.54, 1.807) is 0 Å². The van der Waals surface area contributed by atoms with Crippen molar-refractivity contribution in [3.63, 3.8) is 0 Å². The van der Waals surface area contributed by atoms with Crippen LogP contribution in [0.15, 0.2) is 0 Å². The number of hydrogen-bond acceptors (Lipinski definition) is 2. The van der Waals surface area contributed by atoms with Crippen LogP contribution in [0.2, 0.25) is 0 Å². The maximum atomic E-state index is 8.66. The maximum Gasteiger partial charge on any atom is 0.0845 e. The van der Waals surface area contributed by atoms with E-state index in [9.17, 15) is 0 Å². The van der Waals surface area contributed by atoms with Crippen molar-refractivity contribution in [2.75, 3.05) is 6.54 Å². The van der Waals surface area contributed by atoms with E-state index in [0.717, 1.165) is 17.8 Å². The van der Waals surface area contributed by atoms with Crippen molar-refractivity contribution in [3.8, 4) is 6.07 Å². The number of rotatable bonds is 2. The average molecular weight is 227 g/mol. The van der Waals surface area contributed by atoms with E-state index in [4.69, 9.17) is 5.26 Å². The van der Waals surface area contributed by atoms with Crippen LogP contribution in [0.25, 0.3) is 0 Å². The van der Waals surface area contributed by atoms with Crippen LogP contribution in [0.4, 0.5) is 0 Å². The molecule has 0 amide bonds. The molecule has 4 aliphatic carbocycles. The highest BCUT2D eigenvalue weighted by atomic mass is 35.5. The second-order valence-corrected chi connectivity index (χ2v) is 5.71. The fraction of sp³-hybridized carbons (Fsp3) is 0.917. The molecular formula is C12H19ClN2. The molecule has 4 aliphatic rings. The van der Waals surface area contributed by atoms with E-state index in [0.29, 0.717) is 12.1 Å². The Morgan fingerprint density at radius 2 is 1.53 bits per heavy atom. The van der Waals surface area contributed by atoms with Crippen LogP contribution in [-0.2, 0) is 0 Å². The number of nitriles is 1. The van der Waals surface area contributed by atoms with Gasteiger partial charge in [-0.25, -0.2) is 0 Å². The summed E-state index contributed by atoms with van der Waals surface area (Å²) in [6, 6.07) is 2.23.